The van der Waals surface area contributed by atoms with Gasteiger partial charge in [0.25, 0.3) is 0 Å². The summed E-state index contributed by atoms with van der Waals surface area (Å²) < 4.78 is 13.0. The van der Waals surface area contributed by atoms with Crippen LogP contribution in [0.4, 0.5) is 10.2 Å². The summed E-state index contributed by atoms with van der Waals surface area (Å²) >= 11 is 6.02. The second-order valence-corrected chi connectivity index (χ2v) is 4.24. The molecule has 2 aromatic rings. The van der Waals surface area contributed by atoms with Gasteiger partial charge in [-0.05, 0) is 24.6 Å². The number of benzene rings is 1. The van der Waals surface area contributed by atoms with E-state index in [1.165, 1.54) is 12.1 Å². The van der Waals surface area contributed by atoms with Crippen LogP contribution >= 0.6 is 11.6 Å². The van der Waals surface area contributed by atoms with Gasteiger partial charge in [-0.25, -0.2) is 4.39 Å². The first-order valence-electron chi connectivity index (χ1n) is 5.41. The van der Waals surface area contributed by atoms with Crippen molar-refractivity contribution in [3.05, 3.63) is 34.6 Å². The summed E-state index contributed by atoms with van der Waals surface area (Å²) in [6.07, 6.45) is 1.76. The standard InChI is InChI=1S/C12H13ClFN3/c1-2-3-9-11(16-17-12(9)15)8-5-4-7(14)6-10(8)13/h4-6H,2-3H2,1H3,(H3,15,16,17). The minimum absolute atomic E-state index is 0.353. The van der Waals surface area contributed by atoms with Crippen molar-refractivity contribution < 1.29 is 4.39 Å². The summed E-state index contributed by atoms with van der Waals surface area (Å²) in [5.74, 6) is 0.116. The average molecular weight is 254 g/mol. The SMILES string of the molecule is CCCc1c(N)n[nH]c1-c1ccc(F)cc1Cl. The molecule has 90 valence electrons. The van der Waals surface area contributed by atoms with Gasteiger partial charge in [0.15, 0.2) is 0 Å². The second-order valence-electron chi connectivity index (χ2n) is 3.84. The molecule has 0 radical (unpaired) electrons. The third-order valence-corrected chi connectivity index (χ3v) is 2.91. The lowest BCUT2D eigenvalue weighted by Crippen LogP contribution is -1.93. The van der Waals surface area contributed by atoms with Crippen LogP contribution in [0.3, 0.4) is 0 Å². The maximum atomic E-state index is 13.0. The van der Waals surface area contributed by atoms with Crippen molar-refractivity contribution in [3.63, 3.8) is 0 Å². The molecule has 2 rings (SSSR count). The topological polar surface area (TPSA) is 54.7 Å². The number of H-pyrrole nitrogens is 1. The molecule has 0 aliphatic heterocycles. The highest BCUT2D eigenvalue weighted by atomic mass is 35.5. The zero-order valence-electron chi connectivity index (χ0n) is 9.43. The maximum absolute atomic E-state index is 13.0. The van der Waals surface area contributed by atoms with E-state index in [1.807, 2.05) is 0 Å². The fourth-order valence-corrected chi connectivity index (χ4v) is 2.06. The number of nitrogen functional groups attached to an aromatic ring is 1. The molecule has 5 heteroatoms. The third-order valence-electron chi connectivity index (χ3n) is 2.60. The van der Waals surface area contributed by atoms with E-state index >= 15 is 0 Å². The lowest BCUT2D eigenvalue weighted by Gasteiger charge is -2.05. The fourth-order valence-electron chi connectivity index (χ4n) is 1.80. The van der Waals surface area contributed by atoms with Crippen LogP contribution < -0.4 is 5.73 Å². The van der Waals surface area contributed by atoms with Gasteiger partial charge in [-0.2, -0.15) is 5.10 Å². The molecule has 0 saturated heterocycles. The molecule has 0 bridgehead atoms. The summed E-state index contributed by atoms with van der Waals surface area (Å²) in [6, 6.07) is 4.28. The van der Waals surface area contributed by atoms with Crippen molar-refractivity contribution in [2.24, 2.45) is 0 Å². The van der Waals surface area contributed by atoms with Gasteiger partial charge in [-0.1, -0.05) is 24.9 Å². The second kappa shape index (κ2) is 4.75. The maximum Gasteiger partial charge on any atom is 0.149 e. The zero-order chi connectivity index (χ0) is 12.4. The van der Waals surface area contributed by atoms with Crippen molar-refractivity contribution in [3.8, 4) is 11.3 Å². The smallest absolute Gasteiger partial charge is 0.149 e. The van der Waals surface area contributed by atoms with E-state index < -0.39 is 0 Å². The van der Waals surface area contributed by atoms with Gasteiger partial charge in [0.1, 0.15) is 11.6 Å². The Kier molecular flexibility index (Phi) is 3.33. The summed E-state index contributed by atoms with van der Waals surface area (Å²) in [5, 5.41) is 7.18. The molecule has 17 heavy (non-hydrogen) atoms. The molecule has 0 spiro atoms. The third kappa shape index (κ3) is 2.26. The number of halogens is 2. The fraction of sp³-hybridized carbons (Fsp3) is 0.250. The Morgan fingerprint density at radius 2 is 2.24 bits per heavy atom. The van der Waals surface area contributed by atoms with E-state index in [1.54, 1.807) is 6.07 Å². The minimum Gasteiger partial charge on any atom is -0.382 e. The van der Waals surface area contributed by atoms with E-state index in [9.17, 15) is 4.39 Å². The van der Waals surface area contributed by atoms with Gasteiger partial charge in [-0.3, -0.25) is 5.10 Å². The molecule has 0 fully saturated rings. The number of nitrogens with two attached hydrogens (primary N) is 1. The largest absolute Gasteiger partial charge is 0.382 e. The molecular formula is C12H13ClFN3. The molecule has 0 atom stereocenters. The van der Waals surface area contributed by atoms with E-state index in [2.05, 4.69) is 17.1 Å². The Hall–Kier alpha value is -1.55. The van der Waals surface area contributed by atoms with E-state index in [-0.39, 0.29) is 5.82 Å². The van der Waals surface area contributed by atoms with Crippen LogP contribution in [0.2, 0.25) is 5.02 Å². The van der Waals surface area contributed by atoms with Crippen LogP contribution in [0.25, 0.3) is 11.3 Å². The number of aromatic nitrogens is 2. The lowest BCUT2D eigenvalue weighted by molar-refractivity contribution is 0.628. The quantitative estimate of drug-likeness (QED) is 0.881. The van der Waals surface area contributed by atoms with Crippen LogP contribution in [0, 0.1) is 5.82 Å². The first-order chi connectivity index (χ1) is 8.13. The van der Waals surface area contributed by atoms with Crippen LogP contribution in [-0.4, -0.2) is 10.2 Å². The van der Waals surface area contributed by atoms with Gasteiger partial charge in [0.2, 0.25) is 0 Å². The summed E-state index contributed by atoms with van der Waals surface area (Å²) in [7, 11) is 0. The van der Waals surface area contributed by atoms with Gasteiger partial charge in [0, 0.05) is 11.1 Å². The first kappa shape index (κ1) is 11.9. The Bertz CT molecular complexity index is 537. The highest BCUT2D eigenvalue weighted by molar-refractivity contribution is 6.33. The van der Waals surface area contributed by atoms with Crippen molar-refractivity contribution >= 4 is 17.4 Å². The number of aromatic amines is 1. The molecule has 1 aromatic heterocycles. The highest BCUT2D eigenvalue weighted by Crippen LogP contribution is 2.32. The Labute approximate surface area is 104 Å². The Balaban J connectivity index is 2.52. The predicted molar refractivity (Wildman–Crippen MR) is 67.4 cm³/mol. The first-order valence-corrected chi connectivity index (χ1v) is 5.79. The molecule has 0 aliphatic carbocycles. The monoisotopic (exact) mass is 253 g/mol. The zero-order valence-corrected chi connectivity index (χ0v) is 10.2. The molecule has 3 N–H and O–H groups in total. The predicted octanol–water partition coefficient (Wildman–Crippen LogP) is 3.40. The van der Waals surface area contributed by atoms with Gasteiger partial charge in [0.05, 0.1) is 10.7 Å². The van der Waals surface area contributed by atoms with E-state index in [0.29, 0.717) is 10.8 Å². The van der Waals surface area contributed by atoms with Gasteiger partial charge < -0.3 is 5.73 Å². The van der Waals surface area contributed by atoms with Crippen molar-refractivity contribution in [1.82, 2.24) is 10.2 Å². The van der Waals surface area contributed by atoms with E-state index in [4.69, 9.17) is 17.3 Å². The highest BCUT2D eigenvalue weighted by Gasteiger charge is 2.14. The number of hydrogen-bond donors (Lipinski definition) is 2. The van der Waals surface area contributed by atoms with E-state index in [0.717, 1.165) is 29.7 Å². The molecule has 0 amide bonds. The number of anilines is 1. The summed E-state index contributed by atoms with van der Waals surface area (Å²) in [6.45, 7) is 2.06. The Morgan fingerprint density at radius 1 is 1.47 bits per heavy atom. The van der Waals surface area contributed by atoms with Crippen molar-refractivity contribution in [2.45, 2.75) is 19.8 Å². The molecule has 0 saturated carbocycles. The van der Waals surface area contributed by atoms with Crippen molar-refractivity contribution in [2.75, 3.05) is 5.73 Å². The van der Waals surface area contributed by atoms with Crippen LogP contribution in [-0.2, 0) is 6.42 Å². The molecule has 1 aromatic carbocycles. The molecular weight excluding hydrogens is 241 g/mol. The van der Waals surface area contributed by atoms with Crippen LogP contribution in [0.15, 0.2) is 18.2 Å². The van der Waals surface area contributed by atoms with Gasteiger partial charge in [-0.15, -0.1) is 0 Å². The summed E-state index contributed by atoms with van der Waals surface area (Å²) in [5.41, 5.74) is 8.21. The van der Waals surface area contributed by atoms with Crippen LogP contribution in [0.1, 0.15) is 18.9 Å². The molecule has 1 heterocycles. The number of nitrogens with one attached hydrogen (secondary N) is 1. The lowest BCUT2D eigenvalue weighted by atomic mass is 10.0. The van der Waals surface area contributed by atoms with Crippen molar-refractivity contribution in [1.29, 1.82) is 0 Å². The summed E-state index contributed by atoms with van der Waals surface area (Å²) in [4.78, 5) is 0. The average Bonchev–Trinajstić information content (AvgIpc) is 2.62. The number of rotatable bonds is 3. The Morgan fingerprint density at radius 3 is 2.88 bits per heavy atom. The minimum atomic E-state index is -0.358. The molecule has 3 nitrogen and oxygen atoms in total. The molecule has 0 aliphatic rings. The normalized spacial score (nSPS) is 10.8. The molecule has 0 unspecified atom stereocenters. The van der Waals surface area contributed by atoms with Crippen LogP contribution in [0.5, 0.6) is 0 Å². The number of hydrogen-bond acceptors (Lipinski definition) is 2. The van der Waals surface area contributed by atoms with Gasteiger partial charge >= 0.3 is 0 Å². The number of nitrogens with zero attached hydrogens (tertiary/aromatic N) is 1.